The van der Waals surface area contributed by atoms with Crippen molar-refractivity contribution < 1.29 is 4.79 Å². The van der Waals surface area contributed by atoms with E-state index in [9.17, 15) is 4.79 Å². The highest BCUT2D eigenvalue weighted by atomic mass is 32.1. The molecule has 1 aromatic carbocycles. The summed E-state index contributed by atoms with van der Waals surface area (Å²) in [7, 11) is 0. The Morgan fingerprint density at radius 2 is 1.95 bits per heavy atom. The van der Waals surface area contributed by atoms with Gasteiger partial charge in [0.05, 0.1) is 0 Å². The van der Waals surface area contributed by atoms with Gasteiger partial charge in [-0.25, -0.2) is 4.98 Å². The molecule has 2 heterocycles. The van der Waals surface area contributed by atoms with Gasteiger partial charge in [-0.15, -0.1) is 11.3 Å². The molecule has 1 amide bonds. The number of hydrogen-bond donors (Lipinski definition) is 1. The molecule has 0 unspecified atom stereocenters. The maximum atomic E-state index is 12.2. The van der Waals surface area contributed by atoms with E-state index in [4.69, 9.17) is 0 Å². The van der Waals surface area contributed by atoms with Crippen LogP contribution in [0.1, 0.15) is 28.9 Å². The predicted octanol–water partition coefficient (Wildman–Crippen LogP) is 3.43. The lowest BCUT2D eigenvalue weighted by Gasteiger charge is -2.12. The van der Waals surface area contributed by atoms with Crippen molar-refractivity contribution in [2.75, 3.05) is 18.4 Å². The molecule has 104 valence electrons. The fraction of sp³-hybridized carbons (Fsp3) is 0.333. The van der Waals surface area contributed by atoms with Crippen LogP contribution in [0.2, 0.25) is 0 Å². The van der Waals surface area contributed by atoms with Gasteiger partial charge in [-0.2, -0.15) is 0 Å². The highest BCUT2D eigenvalue weighted by Gasteiger charge is 2.21. The Balaban J connectivity index is 1.70. The van der Waals surface area contributed by atoms with Crippen LogP contribution >= 0.6 is 11.3 Å². The molecule has 1 saturated heterocycles. The number of benzene rings is 1. The summed E-state index contributed by atoms with van der Waals surface area (Å²) in [6.07, 6.45) is 2.20. The number of nitrogens with zero attached hydrogens (tertiary/aromatic N) is 2. The Bertz CT molecular complexity index is 600. The molecule has 1 aliphatic rings. The maximum absolute atomic E-state index is 12.2. The molecular formula is C15H17N3OS. The number of aromatic nitrogens is 1. The number of amides is 1. The second kappa shape index (κ2) is 5.63. The Hall–Kier alpha value is -1.88. The molecule has 1 fully saturated rings. The molecule has 0 aliphatic carbocycles. The molecule has 2 aromatic rings. The van der Waals surface area contributed by atoms with Crippen LogP contribution in [0.3, 0.4) is 0 Å². The van der Waals surface area contributed by atoms with Crippen molar-refractivity contribution >= 4 is 28.1 Å². The van der Waals surface area contributed by atoms with Crippen LogP contribution in [0.4, 0.5) is 10.8 Å². The molecule has 4 nitrogen and oxygen atoms in total. The van der Waals surface area contributed by atoms with Gasteiger partial charge in [0.25, 0.3) is 5.91 Å². The van der Waals surface area contributed by atoms with E-state index in [1.807, 2.05) is 34.5 Å². The first kappa shape index (κ1) is 13.1. The van der Waals surface area contributed by atoms with Gasteiger partial charge in [-0.3, -0.25) is 4.79 Å². The average molecular weight is 287 g/mol. The van der Waals surface area contributed by atoms with Crippen LogP contribution in [-0.2, 0) is 0 Å². The summed E-state index contributed by atoms with van der Waals surface area (Å²) in [5.41, 5.74) is 2.76. The Morgan fingerprint density at radius 3 is 2.65 bits per heavy atom. The largest absolute Gasteiger partial charge is 0.337 e. The Morgan fingerprint density at radius 1 is 1.25 bits per heavy atom. The molecule has 5 heteroatoms. The van der Waals surface area contributed by atoms with Crippen LogP contribution in [0.15, 0.2) is 29.6 Å². The number of carbonyl (C=O) groups is 1. The monoisotopic (exact) mass is 287 g/mol. The molecule has 0 saturated carbocycles. The van der Waals surface area contributed by atoms with E-state index in [1.165, 1.54) is 16.9 Å². The highest BCUT2D eigenvalue weighted by Crippen LogP contribution is 2.22. The van der Waals surface area contributed by atoms with Crippen molar-refractivity contribution in [3.8, 4) is 0 Å². The first-order valence-corrected chi connectivity index (χ1v) is 7.69. The van der Waals surface area contributed by atoms with Crippen molar-refractivity contribution in [1.82, 2.24) is 9.88 Å². The lowest BCUT2D eigenvalue weighted by atomic mass is 10.2. The fourth-order valence-corrected chi connectivity index (χ4v) is 2.98. The first-order chi connectivity index (χ1) is 9.72. The quantitative estimate of drug-likeness (QED) is 0.940. The number of rotatable bonds is 3. The van der Waals surface area contributed by atoms with E-state index in [2.05, 4.69) is 17.2 Å². The van der Waals surface area contributed by atoms with Crippen molar-refractivity contribution in [3.05, 3.63) is 40.9 Å². The van der Waals surface area contributed by atoms with Gasteiger partial charge >= 0.3 is 0 Å². The zero-order chi connectivity index (χ0) is 13.9. The van der Waals surface area contributed by atoms with E-state index < -0.39 is 0 Å². The molecule has 20 heavy (non-hydrogen) atoms. The van der Waals surface area contributed by atoms with Gasteiger partial charge in [-0.1, -0.05) is 17.7 Å². The topological polar surface area (TPSA) is 45.2 Å². The zero-order valence-corrected chi connectivity index (χ0v) is 12.2. The summed E-state index contributed by atoms with van der Waals surface area (Å²) in [5.74, 6) is 0.0516. The normalized spacial score (nSPS) is 14.6. The summed E-state index contributed by atoms with van der Waals surface area (Å²) < 4.78 is 0. The molecule has 0 spiro atoms. The van der Waals surface area contributed by atoms with Gasteiger partial charge < -0.3 is 10.2 Å². The summed E-state index contributed by atoms with van der Waals surface area (Å²) in [4.78, 5) is 18.5. The van der Waals surface area contributed by atoms with E-state index in [0.717, 1.165) is 36.8 Å². The minimum atomic E-state index is 0.0516. The molecule has 0 atom stereocenters. The zero-order valence-electron chi connectivity index (χ0n) is 11.4. The predicted molar refractivity (Wildman–Crippen MR) is 81.7 cm³/mol. The van der Waals surface area contributed by atoms with Crippen molar-refractivity contribution in [2.24, 2.45) is 0 Å². The SMILES string of the molecule is Cc1ccc(Nc2nc(C(=O)N3CCCC3)cs2)cc1. The van der Waals surface area contributed by atoms with E-state index in [1.54, 1.807) is 0 Å². The third-order valence-electron chi connectivity index (χ3n) is 3.42. The number of carbonyl (C=O) groups excluding carboxylic acids is 1. The minimum Gasteiger partial charge on any atom is -0.337 e. The van der Waals surface area contributed by atoms with Crippen molar-refractivity contribution in [3.63, 3.8) is 0 Å². The fourth-order valence-electron chi connectivity index (χ4n) is 2.27. The maximum Gasteiger partial charge on any atom is 0.273 e. The lowest BCUT2D eigenvalue weighted by molar-refractivity contribution is 0.0788. The van der Waals surface area contributed by atoms with Gasteiger partial charge in [-0.05, 0) is 31.9 Å². The molecule has 3 rings (SSSR count). The number of anilines is 2. The van der Waals surface area contributed by atoms with E-state index in [0.29, 0.717) is 5.69 Å². The molecular weight excluding hydrogens is 270 g/mol. The summed E-state index contributed by atoms with van der Waals surface area (Å²) in [5, 5.41) is 5.82. The molecule has 0 bridgehead atoms. The van der Waals surface area contributed by atoms with Gasteiger partial charge in [0, 0.05) is 24.2 Å². The number of nitrogens with one attached hydrogen (secondary N) is 1. The second-order valence-corrected chi connectivity index (χ2v) is 5.89. The third-order valence-corrected chi connectivity index (χ3v) is 4.18. The van der Waals surface area contributed by atoms with Crippen LogP contribution in [-0.4, -0.2) is 28.9 Å². The van der Waals surface area contributed by atoms with Gasteiger partial charge in [0.2, 0.25) is 0 Å². The smallest absolute Gasteiger partial charge is 0.273 e. The van der Waals surface area contributed by atoms with Crippen LogP contribution in [0.5, 0.6) is 0 Å². The van der Waals surface area contributed by atoms with Crippen LogP contribution in [0, 0.1) is 6.92 Å². The first-order valence-electron chi connectivity index (χ1n) is 6.81. The number of thiazole rings is 1. The van der Waals surface area contributed by atoms with Gasteiger partial charge in [0.15, 0.2) is 5.13 Å². The highest BCUT2D eigenvalue weighted by molar-refractivity contribution is 7.14. The van der Waals surface area contributed by atoms with Gasteiger partial charge in [0.1, 0.15) is 5.69 Å². The summed E-state index contributed by atoms with van der Waals surface area (Å²) in [6.45, 7) is 3.77. The summed E-state index contributed by atoms with van der Waals surface area (Å²) >= 11 is 1.47. The van der Waals surface area contributed by atoms with E-state index >= 15 is 0 Å². The minimum absolute atomic E-state index is 0.0516. The van der Waals surface area contributed by atoms with Crippen molar-refractivity contribution in [1.29, 1.82) is 0 Å². The Labute approximate surface area is 122 Å². The number of hydrogen-bond acceptors (Lipinski definition) is 4. The second-order valence-electron chi connectivity index (χ2n) is 5.03. The standard InChI is InChI=1S/C15H17N3OS/c1-11-4-6-12(7-5-11)16-15-17-13(10-20-15)14(19)18-8-2-3-9-18/h4-7,10H,2-3,8-9H2,1H3,(H,16,17). The molecule has 1 aliphatic heterocycles. The number of likely N-dealkylation sites (tertiary alicyclic amines) is 1. The Kier molecular flexibility index (Phi) is 3.69. The average Bonchev–Trinajstić information content (AvgIpc) is 3.12. The van der Waals surface area contributed by atoms with Crippen molar-refractivity contribution in [2.45, 2.75) is 19.8 Å². The number of aryl methyl sites for hydroxylation is 1. The summed E-state index contributed by atoms with van der Waals surface area (Å²) in [6, 6.07) is 8.12. The van der Waals surface area contributed by atoms with Crippen LogP contribution in [0.25, 0.3) is 0 Å². The molecule has 0 radical (unpaired) electrons. The van der Waals surface area contributed by atoms with Crippen LogP contribution < -0.4 is 5.32 Å². The lowest BCUT2D eigenvalue weighted by Crippen LogP contribution is -2.27. The molecule has 1 aromatic heterocycles. The molecule has 1 N–H and O–H groups in total. The van der Waals surface area contributed by atoms with E-state index in [-0.39, 0.29) is 5.91 Å². The third kappa shape index (κ3) is 2.82.